The first-order valence-corrected chi connectivity index (χ1v) is 7.77. The van der Waals surface area contributed by atoms with Gasteiger partial charge in [-0.25, -0.2) is 0 Å². The van der Waals surface area contributed by atoms with E-state index >= 15 is 0 Å². The molecule has 1 aliphatic carbocycles. The first-order valence-electron chi connectivity index (χ1n) is 7.77. The average molecular weight is 252 g/mol. The van der Waals surface area contributed by atoms with Crippen LogP contribution in [0, 0.1) is 5.92 Å². The van der Waals surface area contributed by atoms with Crippen LogP contribution in [0.25, 0.3) is 0 Å². The summed E-state index contributed by atoms with van der Waals surface area (Å²) in [5.41, 5.74) is 0. The zero-order valence-electron chi connectivity index (χ0n) is 11.8. The number of nitrogens with one attached hydrogen (secondary N) is 1. The lowest BCUT2D eigenvalue weighted by molar-refractivity contribution is -0.137. The highest BCUT2D eigenvalue weighted by atomic mass is 16.2. The Morgan fingerprint density at radius 3 is 2.33 bits per heavy atom. The molecule has 0 spiro atoms. The molecule has 104 valence electrons. The minimum absolute atomic E-state index is 0.320. The van der Waals surface area contributed by atoms with Crippen LogP contribution in [0.5, 0.6) is 0 Å². The Balaban J connectivity index is 1.87. The van der Waals surface area contributed by atoms with Gasteiger partial charge in [0.15, 0.2) is 0 Å². The van der Waals surface area contributed by atoms with Crippen molar-refractivity contribution in [3.05, 3.63) is 0 Å². The van der Waals surface area contributed by atoms with Gasteiger partial charge in [-0.15, -0.1) is 0 Å². The molecule has 2 fully saturated rings. The minimum Gasteiger partial charge on any atom is -0.341 e. The normalized spacial score (nSPS) is 27.6. The molecule has 1 heterocycles. The zero-order valence-corrected chi connectivity index (χ0v) is 11.8. The Morgan fingerprint density at radius 2 is 1.67 bits per heavy atom. The number of likely N-dealkylation sites (N-methyl/N-ethyl adjacent to an activating group) is 1. The summed E-state index contributed by atoms with van der Waals surface area (Å²) in [7, 11) is 2.01. The van der Waals surface area contributed by atoms with Crippen LogP contribution in [-0.2, 0) is 4.79 Å². The van der Waals surface area contributed by atoms with Crippen LogP contribution in [0.4, 0.5) is 0 Å². The SMILES string of the molecule is CNC1CCCN(C(=O)C2CCCCCCC2)C1. The fourth-order valence-electron chi connectivity index (χ4n) is 3.37. The van der Waals surface area contributed by atoms with Crippen LogP contribution in [0.1, 0.15) is 57.8 Å². The van der Waals surface area contributed by atoms with E-state index in [9.17, 15) is 4.79 Å². The number of likely N-dealkylation sites (tertiary alicyclic amines) is 1. The van der Waals surface area contributed by atoms with Crippen LogP contribution in [0.2, 0.25) is 0 Å². The summed E-state index contributed by atoms with van der Waals surface area (Å²) in [5, 5.41) is 3.32. The number of piperidine rings is 1. The summed E-state index contributed by atoms with van der Waals surface area (Å²) >= 11 is 0. The summed E-state index contributed by atoms with van der Waals surface area (Å²) in [4.78, 5) is 14.7. The van der Waals surface area contributed by atoms with Crippen molar-refractivity contribution in [2.75, 3.05) is 20.1 Å². The van der Waals surface area contributed by atoms with Crippen LogP contribution in [0.15, 0.2) is 0 Å². The summed E-state index contributed by atoms with van der Waals surface area (Å²) < 4.78 is 0. The van der Waals surface area contributed by atoms with E-state index in [1.807, 2.05) is 7.05 Å². The largest absolute Gasteiger partial charge is 0.341 e. The maximum absolute atomic E-state index is 12.6. The summed E-state index contributed by atoms with van der Waals surface area (Å²) in [6, 6.07) is 0.510. The lowest BCUT2D eigenvalue weighted by atomic mass is 9.89. The minimum atomic E-state index is 0.320. The molecule has 18 heavy (non-hydrogen) atoms. The molecule has 1 amide bonds. The molecule has 1 saturated heterocycles. The highest BCUT2D eigenvalue weighted by molar-refractivity contribution is 5.79. The molecule has 1 atom stereocenters. The first kappa shape index (κ1) is 13.9. The van der Waals surface area contributed by atoms with Crippen molar-refractivity contribution in [3.63, 3.8) is 0 Å². The molecule has 1 saturated carbocycles. The molecule has 0 aromatic carbocycles. The predicted molar refractivity (Wildman–Crippen MR) is 74.5 cm³/mol. The number of carbonyl (C=O) groups excluding carboxylic acids is 1. The molecule has 3 heteroatoms. The Labute approximate surface area is 111 Å². The summed E-state index contributed by atoms with van der Waals surface area (Å²) in [6.45, 7) is 1.90. The lowest BCUT2D eigenvalue weighted by Gasteiger charge is -2.35. The van der Waals surface area contributed by atoms with Gasteiger partial charge in [0.1, 0.15) is 0 Å². The van der Waals surface area contributed by atoms with E-state index in [1.54, 1.807) is 0 Å². The molecule has 3 nitrogen and oxygen atoms in total. The van der Waals surface area contributed by atoms with Gasteiger partial charge in [-0.1, -0.05) is 32.1 Å². The third kappa shape index (κ3) is 3.71. The second-order valence-corrected chi connectivity index (χ2v) is 5.95. The van der Waals surface area contributed by atoms with Crippen LogP contribution >= 0.6 is 0 Å². The second kappa shape index (κ2) is 7.13. The van der Waals surface area contributed by atoms with Gasteiger partial charge in [-0.3, -0.25) is 4.79 Å². The summed E-state index contributed by atoms with van der Waals surface area (Å²) in [5.74, 6) is 0.762. The molecular formula is C15H28N2O. The van der Waals surface area contributed by atoms with Crippen LogP contribution in [-0.4, -0.2) is 37.0 Å². The van der Waals surface area contributed by atoms with Gasteiger partial charge in [0.05, 0.1) is 0 Å². The van der Waals surface area contributed by atoms with Gasteiger partial charge in [0.25, 0.3) is 0 Å². The maximum atomic E-state index is 12.6. The van der Waals surface area contributed by atoms with Gasteiger partial charge < -0.3 is 10.2 Å². The number of carbonyl (C=O) groups is 1. The second-order valence-electron chi connectivity index (χ2n) is 5.95. The Morgan fingerprint density at radius 1 is 1.00 bits per heavy atom. The van der Waals surface area contributed by atoms with Gasteiger partial charge in [0, 0.05) is 25.0 Å². The summed E-state index contributed by atoms with van der Waals surface area (Å²) in [6.07, 6.45) is 11.1. The monoisotopic (exact) mass is 252 g/mol. The third-order valence-corrected chi connectivity index (χ3v) is 4.60. The first-order chi connectivity index (χ1) is 8.81. The van der Waals surface area contributed by atoms with Crippen molar-refractivity contribution in [2.45, 2.75) is 63.8 Å². The molecule has 1 unspecified atom stereocenters. The van der Waals surface area contributed by atoms with Crippen molar-refractivity contribution in [1.29, 1.82) is 0 Å². The molecular weight excluding hydrogens is 224 g/mol. The van der Waals surface area contributed by atoms with Gasteiger partial charge >= 0.3 is 0 Å². The molecule has 0 aromatic heterocycles. The zero-order chi connectivity index (χ0) is 12.8. The molecule has 2 rings (SSSR count). The molecule has 1 N–H and O–H groups in total. The van der Waals surface area contributed by atoms with E-state index in [4.69, 9.17) is 0 Å². The van der Waals surface area contributed by atoms with Gasteiger partial charge in [-0.05, 0) is 32.7 Å². The van der Waals surface area contributed by atoms with E-state index in [2.05, 4.69) is 10.2 Å². The van der Waals surface area contributed by atoms with Crippen LogP contribution in [0.3, 0.4) is 0 Å². The molecule has 0 radical (unpaired) electrons. The van der Waals surface area contributed by atoms with Crippen molar-refractivity contribution < 1.29 is 4.79 Å². The maximum Gasteiger partial charge on any atom is 0.225 e. The Hall–Kier alpha value is -0.570. The smallest absolute Gasteiger partial charge is 0.225 e. The highest BCUT2D eigenvalue weighted by Crippen LogP contribution is 2.25. The van der Waals surface area contributed by atoms with Crippen molar-refractivity contribution in [1.82, 2.24) is 10.2 Å². The fourth-order valence-corrected chi connectivity index (χ4v) is 3.37. The van der Waals surface area contributed by atoms with Crippen molar-refractivity contribution in [3.8, 4) is 0 Å². The molecule has 0 bridgehead atoms. The van der Waals surface area contributed by atoms with E-state index < -0.39 is 0 Å². The fraction of sp³-hybridized carbons (Fsp3) is 0.933. The van der Waals surface area contributed by atoms with Crippen molar-refractivity contribution >= 4 is 5.91 Å². The quantitative estimate of drug-likeness (QED) is 0.819. The number of hydrogen-bond acceptors (Lipinski definition) is 2. The molecule has 2 aliphatic rings. The number of hydrogen-bond donors (Lipinski definition) is 1. The topological polar surface area (TPSA) is 32.3 Å². The standard InChI is InChI=1S/C15H28N2O/c1-16-14-10-7-11-17(12-14)15(18)13-8-5-3-2-4-6-9-13/h13-14,16H,2-12H2,1H3. The lowest BCUT2D eigenvalue weighted by Crippen LogP contribution is -2.48. The van der Waals surface area contributed by atoms with E-state index in [0.29, 0.717) is 17.9 Å². The third-order valence-electron chi connectivity index (χ3n) is 4.60. The van der Waals surface area contributed by atoms with Gasteiger partial charge in [-0.2, -0.15) is 0 Å². The van der Waals surface area contributed by atoms with E-state index in [1.165, 1.54) is 38.5 Å². The predicted octanol–water partition coefficient (Wildman–Crippen LogP) is 2.56. The van der Waals surface area contributed by atoms with Crippen LogP contribution < -0.4 is 5.32 Å². The average Bonchev–Trinajstić information content (AvgIpc) is 2.38. The molecule has 0 aromatic rings. The number of nitrogens with zero attached hydrogens (tertiary/aromatic N) is 1. The Kier molecular flexibility index (Phi) is 5.48. The number of amides is 1. The molecule has 1 aliphatic heterocycles. The van der Waals surface area contributed by atoms with E-state index in [0.717, 1.165) is 32.4 Å². The van der Waals surface area contributed by atoms with Crippen molar-refractivity contribution in [2.24, 2.45) is 5.92 Å². The highest BCUT2D eigenvalue weighted by Gasteiger charge is 2.28. The number of rotatable bonds is 2. The Bertz CT molecular complexity index is 255. The van der Waals surface area contributed by atoms with Gasteiger partial charge in [0.2, 0.25) is 5.91 Å². The van der Waals surface area contributed by atoms with E-state index in [-0.39, 0.29) is 0 Å².